The van der Waals surface area contributed by atoms with Gasteiger partial charge in [0.25, 0.3) is 5.91 Å². The number of hydrogen-bond acceptors (Lipinski definition) is 2. The van der Waals surface area contributed by atoms with Crippen LogP contribution in [0.3, 0.4) is 0 Å². The van der Waals surface area contributed by atoms with E-state index in [1.54, 1.807) is 6.92 Å². The van der Waals surface area contributed by atoms with Crippen LogP contribution in [-0.2, 0) is 11.0 Å². The molecule has 0 radical (unpaired) electrons. The van der Waals surface area contributed by atoms with E-state index in [1.165, 1.54) is 0 Å². The van der Waals surface area contributed by atoms with E-state index in [2.05, 4.69) is 0 Å². The number of aliphatic carboxylic acids is 1. The van der Waals surface area contributed by atoms with Crippen molar-refractivity contribution < 1.29 is 32.3 Å². The van der Waals surface area contributed by atoms with Gasteiger partial charge in [-0.05, 0) is 18.1 Å². The number of hydrogen-bond donors (Lipinski definition) is 1. The molecule has 0 spiro atoms. The van der Waals surface area contributed by atoms with Crippen molar-refractivity contribution in [1.82, 2.24) is 4.90 Å². The lowest BCUT2D eigenvalue weighted by Gasteiger charge is -2.18. The molecule has 4 nitrogen and oxygen atoms in total. The SMILES string of the molecule is C[C@@H]1CN(C(=O)c2cccc(C(F)(F)F)c2F)C[C@H]1C(=O)O. The van der Waals surface area contributed by atoms with Gasteiger partial charge >= 0.3 is 12.1 Å². The van der Waals surface area contributed by atoms with Gasteiger partial charge in [0.05, 0.1) is 17.0 Å². The smallest absolute Gasteiger partial charge is 0.419 e. The monoisotopic (exact) mass is 319 g/mol. The summed E-state index contributed by atoms with van der Waals surface area (Å²) in [7, 11) is 0. The van der Waals surface area contributed by atoms with Gasteiger partial charge in [0.15, 0.2) is 0 Å². The lowest BCUT2D eigenvalue weighted by Crippen LogP contribution is -2.31. The highest BCUT2D eigenvalue weighted by Gasteiger charge is 2.40. The van der Waals surface area contributed by atoms with Gasteiger partial charge in [-0.1, -0.05) is 13.0 Å². The number of amides is 1. The van der Waals surface area contributed by atoms with Crippen molar-refractivity contribution >= 4 is 11.9 Å². The lowest BCUT2D eigenvalue weighted by atomic mass is 9.99. The standard InChI is InChI=1S/C14H13F4NO3/c1-7-5-19(6-9(7)13(21)22)12(20)8-3-2-4-10(11(8)15)14(16,17)18/h2-4,7,9H,5-6H2,1H3,(H,21,22)/t7-,9-/m1/s1. The van der Waals surface area contributed by atoms with E-state index in [-0.39, 0.29) is 19.0 Å². The molecular formula is C14H13F4NO3. The number of nitrogens with zero attached hydrogens (tertiary/aromatic N) is 1. The Morgan fingerprint density at radius 2 is 1.91 bits per heavy atom. The van der Waals surface area contributed by atoms with E-state index in [4.69, 9.17) is 5.11 Å². The molecule has 1 aromatic carbocycles. The molecule has 1 aliphatic rings. The summed E-state index contributed by atoms with van der Waals surface area (Å²) in [5.74, 6) is -4.81. The highest BCUT2D eigenvalue weighted by Crippen LogP contribution is 2.33. The second kappa shape index (κ2) is 5.58. The number of likely N-dealkylation sites (tertiary alicyclic amines) is 1. The second-order valence-corrected chi connectivity index (χ2v) is 5.30. The third-order valence-electron chi connectivity index (χ3n) is 3.75. The average Bonchev–Trinajstić information content (AvgIpc) is 2.79. The van der Waals surface area contributed by atoms with Gasteiger partial charge in [-0.3, -0.25) is 9.59 Å². The zero-order valence-corrected chi connectivity index (χ0v) is 11.5. The van der Waals surface area contributed by atoms with Crippen LogP contribution in [0, 0.1) is 17.7 Å². The van der Waals surface area contributed by atoms with E-state index in [0.29, 0.717) is 6.07 Å². The first-order chi connectivity index (χ1) is 10.1. The minimum Gasteiger partial charge on any atom is -0.481 e. The molecule has 0 unspecified atom stereocenters. The van der Waals surface area contributed by atoms with Crippen LogP contribution in [-0.4, -0.2) is 35.0 Å². The number of rotatable bonds is 2. The second-order valence-electron chi connectivity index (χ2n) is 5.30. The summed E-state index contributed by atoms with van der Waals surface area (Å²) in [6.07, 6.45) is -4.90. The number of carboxylic acid groups (broad SMARTS) is 1. The Morgan fingerprint density at radius 3 is 2.41 bits per heavy atom. The van der Waals surface area contributed by atoms with Gasteiger partial charge in [-0.15, -0.1) is 0 Å². The topological polar surface area (TPSA) is 57.6 Å². The van der Waals surface area contributed by atoms with Gasteiger partial charge in [0.2, 0.25) is 0 Å². The summed E-state index contributed by atoms with van der Waals surface area (Å²) in [6, 6.07) is 2.47. The molecule has 1 N–H and O–H groups in total. The molecule has 22 heavy (non-hydrogen) atoms. The summed E-state index contributed by atoms with van der Waals surface area (Å²) in [4.78, 5) is 24.3. The molecule has 0 aliphatic carbocycles. The van der Waals surface area contributed by atoms with Crippen molar-refractivity contribution in [2.24, 2.45) is 11.8 Å². The lowest BCUT2D eigenvalue weighted by molar-refractivity contribution is -0.142. The van der Waals surface area contributed by atoms with Crippen LogP contribution in [0.1, 0.15) is 22.8 Å². The van der Waals surface area contributed by atoms with Crippen LogP contribution in [0.5, 0.6) is 0 Å². The van der Waals surface area contributed by atoms with Crippen molar-refractivity contribution in [3.63, 3.8) is 0 Å². The first kappa shape index (κ1) is 16.3. The third kappa shape index (κ3) is 2.90. The molecule has 120 valence electrons. The van der Waals surface area contributed by atoms with Crippen molar-refractivity contribution in [2.75, 3.05) is 13.1 Å². The first-order valence-corrected chi connectivity index (χ1v) is 6.50. The summed E-state index contributed by atoms with van der Waals surface area (Å²) >= 11 is 0. The Kier molecular flexibility index (Phi) is 4.12. The van der Waals surface area contributed by atoms with Gasteiger partial charge in [-0.2, -0.15) is 13.2 Å². The van der Waals surface area contributed by atoms with E-state index in [9.17, 15) is 27.2 Å². The zero-order chi connectivity index (χ0) is 16.7. The molecule has 2 rings (SSSR count). The van der Waals surface area contributed by atoms with E-state index >= 15 is 0 Å². The van der Waals surface area contributed by atoms with E-state index in [0.717, 1.165) is 17.0 Å². The first-order valence-electron chi connectivity index (χ1n) is 6.50. The molecule has 1 amide bonds. The summed E-state index contributed by atoms with van der Waals surface area (Å²) in [5.41, 5.74) is -2.21. The fourth-order valence-electron chi connectivity index (χ4n) is 2.54. The number of carboxylic acids is 1. The highest BCUT2D eigenvalue weighted by molar-refractivity contribution is 5.95. The average molecular weight is 319 g/mol. The largest absolute Gasteiger partial charge is 0.481 e. The Balaban J connectivity index is 2.30. The number of carbonyl (C=O) groups excluding carboxylic acids is 1. The van der Waals surface area contributed by atoms with Crippen molar-refractivity contribution in [3.8, 4) is 0 Å². The van der Waals surface area contributed by atoms with Gasteiger partial charge in [0, 0.05) is 13.1 Å². The molecular weight excluding hydrogens is 306 g/mol. The van der Waals surface area contributed by atoms with Crippen LogP contribution in [0.15, 0.2) is 18.2 Å². The molecule has 8 heteroatoms. The maximum Gasteiger partial charge on any atom is 0.419 e. The van der Waals surface area contributed by atoms with Crippen molar-refractivity contribution in [3.05, 3.63) is 35.1 Å². The Bertz CT molecular complexity index is 615. The van der Waals surface area contributed by atoms with Crippen molar-refractivity contribution in [1.29, 1.82) is 0 Å². The van der Waals surface area contributed by atoms with E-state index < -0.39 is 40.9 Å². The number of alkyl halides is 3. The highest BCUT2D eigenvalue weighted by atomic mass is 19.4. The van der Waals surface area contributed by atoms with Crippen LogP contribution in [0.2, 0.25) is 0 Å². The Morgan fingerprint density at radius 1 is 1.27 bits per heavy atom. The maximum absolute atomic E-state index is 13.9. The fourth-order valence-corrected chi connectivity index (χ4v) is 2.54. The summed E-state index contributed by atoms with van der Waals surface area (Å²) in [6.45, 7) is 1.53. The number of halogens is 4. The maximum atomic E-state index is 13.9. The predicted octanol–water partition coefficient (Wildman–Crippen LogP) is 2.64. The third-order valence-corrected chi connectivity index (χ3v) is 3.75. The molecule has 1 heterocycles. The quantitative estimate of drug-likeness (QED) is 0.853. The molecule has 1 saturated heterocycles. The molecule has 1 aromatic rings. The minimum absolute atomic E-state index is 0.0610. The summed E-state index contributed by atoms with van der Waals surface area (Å²) < 4.78 is 51.9. The van der Waals surface area contributed by atoms with Crippen LogP contribution < -0.4 is 0 Å². The Hall–Kier alpha value is -2.12. The molecule has 0 bridgehead atoms. The van der Waals surface area contributed by atoms with Gasteiger partial charge in [0.1, 0.15) is 5.82 Å². The van der Waals surface area contributed by atoms with Crippen LogP contribution >= 0.6 is 0 Å². The molecule has 0 aromatic heterocycles. The number of benzene rings is 1. The van der Waals surface area contributed by atoms with Crippen molar-refractivity contribution in [2.45, 2.75) is 13.1 Å². The molecule has 0 saturated carbocycles. The van der Waals surface area contributed by atoms with Gasteiger partial charge in [-0.25, -0.2) is 4.39 Å². The minimum atomic E-state index is -4.90. The molecule has 1 aliphatic heterocycles. The zero-order valence-electron chi connectivity index (χ0n) is 11.5. The normalized spacial score (nSPS) is 22.0. The van der Waals surface area contributed by atoms with Crippen LogP contribution in [0.25, 0.3) is 0 Å². The Labute approximate surface area is 123 Å². The number of carbonyl (C=O) groups is 2. The summed E-state index contributed by atoms with van der Waals surface area (Å²) in [5, 5.41) is 9.00. The predicted molar refractivity (Wildman–Crippen MR) is 67.6 cm³/mol. The molecule has 1 fully saturated rings. The molecule has 2 atom stereocenters. The fraction of sp³-hybridized carbons (Fsp3) is 0.429. The van der Waals surface area contributed by atoms with Gasteiger partial charge < -0.3 is 10.0 Å². The van der Waals surface area contributed by atoms with Crippen LogP contribution in [0.4, 0.5) is 17.6 Å². The van der Waals surface area contributed by atoms with E-state index in [1.807, 2.05) is 0 Å².